The summed E-state index contributed by atoms with van der Waals surface area (Å²) < 4.78 is 5.23. The molecule has 2 rings (SSSR count). The smallest absolute Gasteiger partial charge is 0.224 e. The van der Waals surface area contributed by atoms with Gasteiger partial charge in [0.05, 0.1) is 13.0 Å². The lowest BCUT2D eigenvalue weighted by Gasteiger charge is -2.34. The van der Waals surface area contributed by atoms with Crippen LogP contribution < -0.4 is 15.4 Å². The van der Waals surface area contributed by atoms with Crippen molar-refractivity contribution in [3.63, 3.8) is 0 Å². The van der Waals surface area contributed by atoms with E-state index in [-0.39, 0.29) is 11.8 Å². The topological polar surface area (TPSA) is 53.6 Å². The Morgan fingerprint density at radius 3 is 2.96 bits per heavy atom. The molecule has 1 unspecified atom stereocenters. The van der Waals surface area contributed by atoms with Gasteiger partial charge in [-0.25, -0.2) is 0 Å². The van der Waals surface area contributed by atoms with E-state index in [9.17, 15) is 4.79 Å². The van der Waals surface area contributed by atoms with E-state index in [4.69, 9.17) is 17.0 Å². The molecule has 1 aliphatic rings. The first-order valence-corrected chi connectivity index (χ1v) is 8.88. The zero-order chi connectivity index (χ0) is 17.5. The lowest BCUT2D eigenvalue weighted by atomic mass is 9.97. The highest BCUT2D eigenvalue weighted by Gasteiger charge is 2.27. The summed E-state index contributed by atoms with van der Waals surface area (Å²) >= 11 is 5.52. The summed E-state index contributed by atoms with van der Waals surface area (Å²) in [6.45, 7) is 6.46. The number of hydrogen-bond donors (Lipinski definition) is 2. The Balaban J connectivity index is 1.91. The van der Waals surface area contributed by atoms with Crippen LogP contribution in [0.3, 0.4) is 0 Å². The number of carbonyl (C=O) groups is 1. The molecule has 6 heteroatoms. The average molecular weight is 350 g/mol. The normalized spacial score (nSPS) is 17.5. The molecular formula is C18H27N3O2S. The van der Waals surface area contributed by atoms with Gasteiger partial charge in [0, 0.05) is 31.4 Å². The van der Waals surface area contributed by atoms with Crippen LogP contribution in [0.1, 0.15) is 26.7 Å². The molecule has 1 fully saturated rings. The summed E-state index contributed by atoms with van der Waals surface area (Å²) in [5.41, 5.74) is 0.894. The van der Waals surface area contributed by atoms with Gasteiger partial charge in [0.1, 0.15) is 5.75 Å². The fraction of sp³-hybridized carbons (Fsp3) is 0.556. The Labute approximate surface area is 149 Å². The van der Waals surface area contributed by atoms with Crippen LogP contribution in [0.5, 0.6) is 5.75 Å². The SMILES string of the molecule is COc1cccc(NC(=S)N2CCCC(C(=O)NCC(C)C)C2)c1. The second-order valence-electron chi connectivity index (χ2n) is 6.59. The number of methoxy groups -OCH3 is 1. The van der Waals surface area contributed by atoms with Crippen LogP contribution in [0, 0.1) is 11.8 Å². The number of ether oxygens (including phenoxy) is 1. The van der Waals surface area contributed by atoms with Gasteiger partial charge in [-0.15, -0.1) is 0 Å². The highest BCUT2D eigenvalue weighted by atomic mass is 32.1. The molecule has 0 spiro atoms. The second kappa shape index (κ2) is 8.87. The molecule has 0 aliphatic carbocycles. The monoisotopic (exact) mass is 349 g/mol. The fourth-order valence-electron chi connectivity index (χ4n) is 2.73. The molecule has 0 aromatic heterocycles. The van der Waals surface area contributed by atoms with Crippen LogP contribution in [-0.4, -0.2) is 42.7 Å². The molecule has 1 aromatic carbocycles. The van der Waals surface area contributed by atoms with Crippen LogP contribution in [0.25, 0.3) is 0 Å². The van der Waals surface area contributed by atoms with Crippen molar-refractivity contribution < 1.29 is 9.53 Å². The maximum Gasteiger partial charge on any atom is 0.224 e. The molecule has 132 valence electrons. The minimum absolute atomic E-state index is 0.00237. The number of piperidine rings is 1. The van der Waals surface area contributed by atoms with E-state index >= 15 is 0 Å². The number of likely N-dealkylation sites (tertiary alicyclic amines) is 1. The fourth-order valence-corrected chi connectivity index (χ4v) is 3.01. The van der Waals surface area contributed by atoms with Crippen molar-refractivity contribution in [3.8, 4) is 5.75 Å². The number of anilines is 1. The van der Waals surface area contributed by atoms with Crippen LogP contribution in [0.4, 0.5) is 5.69 Å². The van der Waals surface area contributed by atoms with E-state index < -0.39 is 0 Å². The van der Waals surface area contributed by atoms with Crippen LogP contribution in [0.15, 0.2) is 24.3 Å². The largest absolute Gasteiger partial charge is 0.497 e. The van der Waals surface area contributed by atoms with Gasteiger partial charge < -0.3 is 20.3 Å². The molecule has 1 atom stereocenters. The third kappa shape index (κ3) is 5.37. The summed E-state index contributed by atoms with van der Waals surface area (Å²) in [6, 6.07) is 7.67. The first-order chi connectivity index (χ1) is 11.5. The predicted octanol–water partition coefficient (Wildman–Crippen LogP) is 2.88. The first kappa shape index (κ1) is 18.5. The highest BCUT2D eigenvalue weighted by Crippen LogP contribution is 2.20. The Morgan fingerprint density at radius 2 is 2.25 bits per heavy atom. The Morgan fingerprint density at radius 1 is 1.46 bits per heavy atom. The molecule has 1 heterocycles. The van der Waals surface area contributed by atoms with Crippen LogP contribution in [0.2, 0.25) is 0 Å². The number of nitrogens with zero attached hydrogens (tertiary/aromatic N) is 1. The lowest BCUT2D eigenvalue weighted by molar-refractivity contribution is -0.126. The number of rotatable bonds is 5. The summed E-state index contributed by atoms with van der Waals surface area (Å²) in [4.78, 5) is 14.4. The van der Waals surface area contributed by atoms with E-state index in [2.05, 4.69) is 29.4 Å². The number of benzene rings is 1. The van der Waals surface area contributed by atoms with E-state index in [0.717, 1.165) is 37.4 Å². The van der Waals surface area contributed by atoms with Gasteiger partial charge in [0.25, 0.3) is 0 Å². The van der Waals surface area contributed by atoms with Gasteiger partial charge in [-0.1, -0.05) is 19.9 Å². The quantitative estimate of drug-likeness (QED) is 0.801. The molecule has 24 heavy (non-hydrogen) atoms. The van der Waals surface area contributed by atoms with Crippen molar-refractivity contribution in [2.24, 2.45) is 11.8 Å². The number of carbonyl (C=O) groups excluding carboxylic acids is 1. The first-order valence-electron chi connectivity index (χ1n) is 8.47. The van der Waals surface area contributed by atoms with Crippen LogP contribution >= 0.6 is 12.2 Å². The Hall–Kier alpha value is -1.82. The number of nitrogens with one attached hydrogen (secondary N) is 2. The van der Waals surface area contributed by atoms with Crippen molar-refractivity contribution in [3.05, 3.63) is 24.3 Å². The molecule has 0 bridgehead atoms. The molecular weight excluding hydrogens is 322 g/mol. The molecule has 0 radical (unpaired) electrons. The van der Waals surface area contributed by atoms with Gasteiger partial charge in [0.2, 0.25) is 5.91 Å². The van der Waals surface area contributed by atoms with Gasteiger partial charge in [-0.3, -0.25) is 4.79 Å². The van der Waals surface area contributed by atoms with Crippen molar-refractivity contribution in [1.29, 1.82) is 0 Å². The van der Waals surface area contributed by atoms with Crippen molar-refractivity contribution in [2.45, 2.75) is 26.7 Å². The Bertz CT molecular complexity index is 577. The van der Waals surface area contributed by atoms with E-state index in [1.807, 2.05) is 24.3 Å². The molecule has 1 aromatic rings. The summed E-state index contributed by atoms with van der Waals surface area (Å²) in [7, 11) is 1.64. The van der Waals surface area contributed by atoms with Crippen molar-refractivity contribution in [1.82, 2.24) is 10.2 Å². The number of amides is 1. The van der Waals surface area contributed by atoms with E-state index in [1.54, 1.807) is 7.11 Å². The summed E-state index contributed by atoms with van der Waals surface area (Å²) in [5, 5.41) is 6.93. The van der Waals surface area contributed by atoms with Gasteiger partial charge >= 0.3 is 0 Å². The lowest BCUT2D eigenvalue weighted by Crippen LogP contribution is -2.47. The molecule has 1 aliphatic heterocycles. The molecule has 5 nitrogen and oxygen atoms in total. The third-order valence-corrected chi connectivity index (χ3v) is 4.45. The summed E-state index contributed by atoms with van der Waals surface area (Å²) in [6.07, 6.45) is 1.89. The predicted molar refractivity (Wildman–Crippen MR) is 101 cm³/mol. The van der Waals surface area contributed by atoms with E-state index in [0.29, 0.717) is 17.6 Å². The highest BCUT2D eigenvalue weighted by molar-refractivity contribution is 7.80. The zero-order valence-corrected chi connectivity index (χ0v) is 15.5. The van der Waals surface area contributed by atoms with E-state index in [1.165, 1.54) is 0 Å². The molecule has 0 saturated carbocycles. The van der Waals surface area contributed by atoms with Crippen LogP contribution in [-0.2, 0) is 4.79 Å². The van der Waals surface area contributed by atoms with Gasteiger partial charge in [-0.05, 0) is 43.1 Å². The maximum atomic E-state index is 12.3. The van der Waals surface area contributed by atoms with Gasteiger partial charge in [0.15, 0.2) is 5.11 Å². The van der Waals surface area contributed by atoms with Gasteiger partial charge in [-0.2, -0.15) is 0 Å². The number of hydrogen-bond acceptors (Lipinski definition) is 3. The summed E-state index contributed by atoms with van der Waals surface area (Å²) in [5.74, 6) is 1.39. The van der Waals surface area contributed by atoms with Crippen molar-refractivity contribution >= 4 is 28.9 Å². The number of thiocarbonyl (C=S) groups is 1. The maximum absolute atomic E-state index is 12.3. The molecule has 2 N–H and O–H groups in total. The molecule has 1 saturated heterocycles. The average Bonchev–Trinajstić information content (AvgIpc) is 2.59. The zero-order valence-electron chi connectivity index (χ0n) is 14.7. The minimum atomic E-state index is 0.00237. The standard InChI is InChI=1S/C18H27N3O2S/c1-13(2)11-19-17(22)14-6-5-9-21(12-14)18(24)20-15-7-4-8-16(10-15)23-3/h4,7-8,10,13-14H,5-6,9,11-12H2,1-3H3,(H,19,22)(H,20,24). The minimum Gasteiger partial charge on any atom is -0.497 e. The third-order valence-electron chi connectivity index (χ3n) is 4.08. The van der Waals surface area contributed by atoms with Crippen molar-refractivity contribution in [2.75, 3.05) is 32.1 Å². The molecule has 1 amide bonds. The Kier molecular flexibility index (Phi) is 6.85. The second-order valence-corrected chi connectivity index (χ2v) is 6.97.